The van der Waals surface area contributed by atoms with Crippen LogP contribution < -0.4 is 10.6 Å². The van der Waals surface area contributed by atoms with E-state index >= 15 is 0 Å². The first kappa shape index (κ1) is 16.2. The number of amides is 1. The Bertz CT molecular complexity index is 884. The molecule has 25 heavy (non-hydrogen) atoms. The number of aryl methyl sites for hydroxylation is 2. The second-order valence-electron chi connectivity index (χ2n) is 6.59. The summed E-state index contributed by atoms with van der Waals surface area (Å²) >= 11 is 1.57. The van der Waals surface area contributed by atoms with Gasteiger partial charge in [-0.15, -0.1) is 11.3 Å². The third kappa shape index (κ3) is 3.29. The van der Waals surface area contributed by atoms with Crippen molar-refractivity contribution in [1.29, 1.82) is 0 Å². The maximum atomic E-state index is 12.5. The Morgan fingerprint density at radius 3 is 2.76 bits per heavy atom. The predicted octanol–water partition coefficient (Wildman–Crippen LogP) is 3.36. The lowest BCUT2D eigenvalue weighted by Gasteiger charge is -2.20. The number of thiazole rings is 1. The van der Waals surface area contributed by atoms with Crippen LogP contribution in [0, 0.1) is 13.8 Å². The van der Waals surface area contributed by atoms with E-state index in [4.69, 9.17) is 0 Å². The second kappa shape index (κ2) is 6.57. The van der Waals surface area contributed by atoms with Crippen LogP contribution in [0.5, 0.6) is 0 Å². The molecular formula is C18H21N5OS. The minimum absolute atomic E-state index is 0.219. The molecule has 4 rings (SSSR count). The first-order valence-electron chi connectivity index (χ1n) is 8.54. The van der Waals surface area contributed by atoms with Crippen molar-refractivity contribution in [3.05, 3.63) is 39.3 Å². The molecule has 7 heteroatoms. The van der Waals surface area contributed by atoms with Gasteiger partial charge in [0, 0.05) is 11.3 Å². The molecule has 6 nitrogen and oxygen atoms in total. The molecule has 0 bridgehead atoms. The topological polar surface area (TPSA) is 82.7 Å². The zero-order valence-corrected chi connectivity index (χ0v) is 15.2. The van der Waals surface area contributed by atoms with E-state index in [-0.39, 0.29) is 5.91 Å². The highest BCUT2D eigenvalue weighted by Gasteiger charge is 2.20. The lowest BCUT2D eigenvalue weighted by Crippen LogP contribution is -2.26. The van der Waals surface area contributed by atoms with Gasteiger partial charge in [0.1, 0.15) is 5.69 Å². The van der Waals surface area contributed by atoms with Gasteiger partial charge in [0.15, 0.2) is 0 Å². The molecular weight excluding hydrogens is 334 g/mol. The fourth-order valence-electron chi connectivity index (χ4n) is 3.15. The normalized spacial score (nSPS) is 15.6. The van der Waals surface area contributed by atoms with E-state index in [1.807, 2.05) is 17.5 Å². The molecule has 2 aromatic heterocycles. The predicted molar refractivity (Wildman–Crippen MR) is 100 cm³/mol. The van der Waals surface area contributed by atoms with Gasteiger partial charge in [-0.05, 0) is 63.0 Å². The lowest BCUT2D eigenvalue weighted by molar-refractivity contribution is 0.102. The number of rotatable bonds is 3. The number of aromatic nitrogens is 3. The molecule has 0 aliphatic carbocycles. The van der Waals surface area contributed by atoms with Crippen LogP contribution in [0.3, 0.4) is 0 Å². The molecule has 0 unspecified atom stereocenters. The molecule has 0 radical (unpaired) electrons. The average molecular weight is 355 g/mol. The molecule has 0 spiro atoms. The minimum atomic E-state index is -0.219. The zero-order valence-electron chi connectivity index (χ0n) is 14.3. The summed E-state index contributed by atoms with van der Waals surface area (Å²) in [5.74, 6) is 0.704. The van der Waals surface area contributed by atoms with Crippen molar-refractivity contribution >= 4 is 34.2 Å². The number of imidazole rings is 1. The number of fused-ring (bicyclic) bond motifs is 1. The highest BCUT2D eigenvalue weighted by atomic mass is 32.1. The van der Waals surface area contributed by atoms with E-state index in [1.54, 1.807) is 11.3 Å². The SMILES string of the molecule is Cc1cc2nc(NC(=O)c3csc(C4CCNCC4)n3)[nH]c2cc1C. The second-order valence-corrected chi connectivity index (χ2v) is 7.48. The number of H-pyrrole nitrogens is 1. The first-order chi connectivity index (χ1) is 12.1. The van der Waals surface area contributed by atoms with Crippen molar-refractivity contribution in [1.82, 2.24) is 20.3 Å². The van der Waals surface area contributed by atoms with Gasteiger partial charge in [0.2, 0.25) is 5.95 Å². The van der Waals surface area contributed by atoms with E-state index in [0.717, 1.165) is 42.0 Å². The molecule has 0 saturated carbocycles. The van der Waals surface area contributed by atoms with Crippen LogP contribution in [0.15, 0.2) is 17.5 Å². The maximum Gasteiger partial charge on any atom is 0.277 e. The Labute approximate surface area is 150 Å². The maximum absolute atomic E-state index is 12.5. The Balaban J connectivity index is 1.51. The lowest BCUT2D eigenvalue weighted by atomic mass is 9.99. The van der Waals surface area contributed by atoms with Gasteiger partial charge in [-0.3, -0.25) is 10.1 Å². The quantitative estimate of drug-likeness (QED) is 0.673. The van der Waals surface area contributed by atoms with Gasteiger partial charge < -0.3 is 10.3 Å². The Hall–Kier alpha value is -2.25. The number of nitrogens with one attached hydrogen (secondary N) is 3. The van der Waals surface area contributed by atoms with Gasteiger partial charge in [0.25, 0.3) is 5.91 Å². The monoisotopic (exact) mass is 355 g/mol. The molecule has 1 amide bonds. The first-order valence-corrected chi connectivity index (χ1v) is 9.42. The third-order valence-corrected chi connectivity index (χ3v) is 5.78. The highest BCUT2D eigenvalue weighted by molar-refractivity contribution is 7.09. The molecule has 3 aromatic rings. The van der Waals surface area contributed by atoms with E-state index in [0.29, 0.717) is 17.6 Å². The van der Waals surface area contributed by atoms with Crippen LogP contribution in [-0.4, -0.2) is 33.9 Å². The highest BCUT2D eigenvalue weighted by Crippen LogP contribution is 2.28. The average Bonchev–Trinajstić information content (AvgIpc) is 3.23. The number of piperidine rings is 1. The largest absolute Gasteiger partial charge is 0.324 e. The number of hydrogen-bond donors (Lipinski definition) is 3. The Kier molecular flexibility index (Phi) is 4.27. The number of carbonyl (C=O) groups excluding carboxylic acids is 1. The van der Waals surface area contributed by atoms with Gasteiger partial charge in [-0.1, -0.05) is 0 Å². The number of benzene rings is 1. The molecule has 1 saturated heterocycles. The summed E-state index contributed by atoms with van der Waals surface area (Å²) in [5.41, 5.74) is 4.62. The summed E-state index contributed by atoms with van der Waals surface area (Å²) in [5, 5.41) is 9.08. The van der Waals surface area contributed by atoms with Crippen molar-refractivity contribution in [3.63, 3.8) is 0 Å². The van der Waals surface area contributed by atoms with Gasteiger partial charge in [-0.25, -0.2) is 9.97 Å². The number of anilines is 1. The zero-order chi connectivity index (χ0) is 17.4. The molecule has 1 aliphatic heterocycles. The molecule has 1 aromatic carbocycles. The van der Waals surface area contributed by atoms with E-state index < -0.39 is 0 Å². The molecule has 1 fully saturated rings. The molecule has 3 N–H and O–H groups in total. The van der Waals surface area contributed by atoms with Gasteiger partial charge >= 0.3 is 0 Å². The summed E-state index contributed by atoms with van der Waals surface area (Å²) in [6.45, 7) is 6.15. The van der Waals surface area contributed by atoms with E-state index in [2.05, 4.69) is 39.4 Å². The van der Waals surface area contributed by atoms with Crippen molar-refractivity contribution in [3.8, 4) is 0 Å². The van der Waals surface area contributed by atoms with Crippen molar-refractivity contribution in [2.75, 3.05) is 18.4 Å². The summed E-state index contributed by atoms with van der Waals surface area (Å²) in [6, 6.07) is 4.07. The van der Waals surface area contributed by atoms with Crippen LogP contribution in [0.1, 0.15) is 45.4 Å². The van der Waals surface area contributed by atoms with Crippen molar-refractivity contribution < 1.29 is 4.79 Å². The van der Waals surface area contributed by atoms with Crippen LogP contribution >= 0.6 is 11.3 Å². The molecule has 3 heterocycles. The number of nitrogens with zero attached hydrogens (tertiary/aromatic N) is 2. The van der Waals surface area contributed by atoms with E-state index in [1.165, 1.54) is 11.1 Å². The smallest absolute Gasteiger partial charge is 0.277 e. The fourth-order valence-corrected chi connectivity index (χ4v) is 4.12. The summed E-state index contributed by atoms with van der Waals surface area (Å²) < 4.78 is 0. The summed E-state index contributed by atoms with van der Waals surface area (Å²) in [7, 11) is 0. The minimum Gasteiger partial charge on any atom is -0.324 e. The summed E-state index contributed by atoms with van der Waals surface area (Å²) in [6.07, 6.45) is 2.16. The standard InChI is InChI=1S/C18H21N5OS/c1-10-7-13-14(8-11(10)2)22-18(21-13)23-16(24)15-9-25-17(20-15)12-3-5-19-6-4-12/h7-9,12,19H,3-6H2,1-2H3,(H2,21,22,23,24). The Morgan fingerprint density at radius 2 is 1.96 bits per heavy atom. The fraction of sp³-hybridized carbons (Fsp3) is 0.389. The van der Waals surface area contributed by atoms with Crippen LogP contribution in [0.2, 0.25) is 0 Å². The Morgan fingerprint density at radius 1 is 1.20 bits per heavy atom. The van der Waals surface area contributed by atoms with Crippen molar-refractivity contribution in [2.24, 2.45) is 0 Å². The molecule has 0 atom stereocenters. The van der Waals surface area contributed by atoms with Gasteiger partial charge in [0.05, 0.1) is 16.0 Å². The number of aromatic amines is 1. The van der Waals surface area contributed by atoms with Crippen LogP contribution in [-0.2, 0) is 0 Å². The third-order valence-electron chi connectivity index (χ3n) is 4.77. The summed E-state index contributed by atoms with van der Waals surface area (Å²) in [4.78, 5) is 24.6. The van der Waals surface area contributed by atoms with E-state index in [9.17, 15) is 4.79 Å². The number of hydrogen-bond acceptors (Lipinski definition) is 5. The molecule has 130 valence electrons. The number of carbonyl (C=O) groups is 1. The van der Waals surface area contributed by atoms with Crippen LogP contribution in [0.25, 0.3) is 11.0 Å². The van der Waals surface area contributed by atoms with Crippen LogP contribution in [0.4, 0.5) is 5.95 Å². The van der Waals surface area contributed by atoms with Gasteiger partial charge in [-0.2, -0.15) is 0 Å². The molecule has 1 aliphatic rings. The van der Waals surface area contributed by atoms with Crippen molar-refractivity contribution in [2.45, 2.75) is 32.6 Å².